The molecule has 0 atom stereocenters. The third-order valence-electron chi connectivity index (χ3n) is 3.68. The normalized spacial score (nSPS) is 18.1. The van der Waals surface area contributed by atoms with Crippen LogP contribution in [0.3, 0.4) is 0 Å². The number of nitrogens with one attached hydrogen (secondary N) is 1. The van der Waals surface area contributed by atoms with Crippen molar-refractivity contribution in [3.8, 4) is 0 Å². The molecule has 0 spiro atoms. The van der Waals surface area contributed by atoms with Crippen molar-refractivity contribution in [3.63, 3.8) is 0 Å². The maximum absolute atomic E-state index is 12.1. The van der Waals surface area contributed by atoms with E-state index in [2.05, 4.69) is 5.32 Å². The van der Waals surface area contributed by atoms with Crippen molar-refractivity contribution in [1.82, 2.24) is 5.32 Å². The van der Waals surface area contributed by atoms with E-state index in [1.165, 1.54) is 0 Å². The lowest BCUT2D eigenvalue weighted by atomic mass is 10.1. The highest BCUT2D eigenvalue weighted by Crippen LogP contribution is 2.37. The minimum Gasteiger partial charge on any atom is -0.466 e. The highest BCUT2D eigenvalue weighted by molar-refractivity contribution is 6.04. The first-order valence-corrected chi connectivity index (χ1v) is 7.55. The molecule has 0 saturated heterocycles. The summed E-state index contributed by atoms with van der Waals surface area (Å²) < 4.78 is 9.87. The van der Waals surface area contributed by atoms with Crippen LogP contribution in [0.2, 0.25) is 0 Å². The summed E-state index contributed by atoms with van der Waals surface area (Å²) in [4.78, 5) is 35.2. The summed E-state index contributed by atoms with van der Waals surface area (Å²) in [6.07, 6.45) is 8.03. The van der Waals surface area contributed by atoms with Gasteiger partial charge in [-0.05, 0) is 38.2 Å². The van der Waals surface area contributed by atoms with Crippen molar-refractivity contribution in [2.24, 2.45) is 0 Å². The van der Waals surface area contributed by atoms with Gasteiger partial charge in [-0.15, -0.1) is 0 Å². The van der Waals surface area contributed by atoms with Gasteiger partial charge in [0.2, 0.25) is 0 Å². The lowest BCUT2D eigenvalue weighted by Gasteiger charge is -2.16. The first-order chi connectivity index (χ1) is 10.6. The number of rotatable bonds is 7. The molecule has 1 amide bonds. The molecule has 6 nitrogen and oxygen atoms in total. The molecule has 0 aromatic heterocycles. The predicted octanol–water partition coefficient (Wildman–Crippen LogP) is 2.04. The lowest BCUT2D eigenvalue weighted by molar-refractivity contribution is -0.146. The van der Waals surface area contributed by atoms with Crippen LogP contribution in [0, 0.1) is 0 Å². The van der Waals surface area contributed by atoms with Crippen molar-refractivity contribution in [3.05, 3.63) is 23.8 Å². The van der Waals surface area contributed by atoms with Crippen LogP contribution in [0.4, 0.5) is 4.79 Å². The summed E-state index contributed by atoms with van der Waals surface area (Å²) in [6.45, 7) is 2.10. The van der Waals surface area contributed by atoms with E-state index < -0.39 is 17.6 Å². The van der Waals surface area contributed by atoms with Crippen LogP contribution >= 0.6 is 0 Å². The average molecular weight is 307 g/mol. The summed E-state index contributed by atoms with van der Waals surface area (Å²) in [6, 6.07) is 0. The number of allylic oxidation sites excluding steroid dienone is 2. The molecule has 120 valence electrons. The fourth-order valence-electron chi connectivity index (χ4n) is 2.27. The van der Waals surface area contributed by atoms with E-state index in [0.717, 1.165) is 18.4 Å². The first-order valence-electron chi connectivity index (χ1n) is 7.55. The first kappa shape index (κ1) is 16.3. The Hall–Kier alpha value is -2.11. The molecule has 1 fully saturated rings. The van der Waals surface area contributed by atoms with Gasteiger partial charge >= 0.3 is 12.1 Å². The second kappa shape index (κ2) is 7.24. The lowest BCUT2D eigenvalue weighted by Crippen LogP contribution is -2.44. The molecule has 1 saturated carbocycles. The topological polar surface area (TPSA) is 81.7 Å². The van der Waals surface area contributed by atoms with Gasteiger partial charge in [0.25, 0.3) is 0 Å². The zero-order valence-electron chi connectivity index (χ0n) is 12.7. The fourth-order valence-corrected chi connectivity index (χ4v) is 2.27. The molecule has 0 aromatic rings. The van der Waals surface area contributed by atoms with Crippen LogP contribution < -0.4 is 5.32 Å². The Kier molecular flexibility index (Phi) is 5.35. The highest BCUT2D eigenvalue weighted by Gasteiger charge is 2.51. The number of carbonyl (C=O) groups excluding carboxylic acids is 3. The van der Waals surface area contributed by atoms with Crippen LogP contribution in [0.15, 0.2) is 23.8 Å². The molecule has 0 unspecified atom stereocenters. The maximum Gasteiger partial charge on any atom is 0.408 e. The molecule has 2 rings (SSSR count). The number of carbonyl (C=O) groups is 3. The SMILES string of the molecule is CCOC(=O)CC(=O)C1(NC(=O)OCC2=CCCC=C2)CC1. The summed E-state index contributed by atoms with van der Waals surface area (Å²) in [5, 5.41) is 2.58. The van der Waals surface area contributed by atoms with Gasteiger partial charge in [-0.1, -0.05) is 18.2 Å². The molecule has 1 N–H and O–H groups in total. The van der Waals surface area contributed by atoms with Crippen molar-refractivity contribution in [1.29, 1.82) is 0 Å². The number of esters is 1. The quantitative estimate of drug-likeness (QED) is 0.575. The van der Waals surface area contributed by atoms with Gasteiger partial charge in [0, 0.05) is 0 Å². The standard InChI is InChI=1S/C16H21NO5/c1-2-21-14(19)10-13(18)16(8-9-16)17-15(20)22-11-12-6-4-3-5-7-12/h4,6-7H,2-3,5,8-11H2,1H3,(H,17,20). The van der Waals surface area contributed by atoms with E-state index >= 15 is 0 Å². The monoisotopic (exact) mass is 307 g/mol. The molecular weight excluding hydrogens is 286 g/mol. The fraction of sp³-hybridized carbons (Fsp3) is 0.562. The number of amides is 1. The van der Waals surface area contributed by atoms with Gasteiger partial charge in [-0.2, -0.15) is 0 Å². The van der Waals surface area contributed by atoms with Crippen molar-refractivity contribution >= 4 is 17.8 Å². The predicted molar refractivity (Wildman–Crippen MR) is 79.2 cm³/mol. The Balaban J connectivity index is 1.77. The Morgan fingerprint density at radius 2 is 2.00 bits per heavy atom. The van der Waals surface area contributed by atoms with E-state index in [1.54, 1.807) is 6.92 Å². The molecular formula is C16H21NO5. The van der Waals surface area contributed by atoms with Gasteiger partial charge in [0.15, 0.2) is 5.78 Å². The van der Waals surface area contributed by atoms with Gasteiger partial charge in [-0.25, -0.2) is 4.79 Å². The number of alkyl carbamates (subject to hydrolysis) is 1. The Labute approximate surface area is 129 Å². The zero-order valence-corrected chi connectivity index (χ0v) is 12.7. The van der Waals surface area contributed by atoms with Gasteiger partial charge in [0.05, 0.1) is 6.61 Å². The Morgan fingerprint density at radius 3 is 2.59 bits per heavy atom. The van der Waals surface area contributed by atoms with Gasteiger partial charge in [0.1, 0.15) is 18.6 Å². The number of Topliss-reactive ketones (excluding diaryl/α,β-unsaturated/α-hetero) is 1. The number of ketones is 1. The van der Waals surface area contributed by atoms with Crippen molar-refractivity contribution in [2.45, 2.75) is 44.6 Å². The molecule has 0 heterocycles. The maximum atomic E-state index is 12.1. The second-order valence-corrected chi connectivity index (χ2v) is 5.45. The Morgan fingerprint density at radius 1 is 1.23 bits per heavy atom. The average Bonchev–Trinajstić information content (AvgIpc) is 3.27. The third kappa shape index (κ3) is 4.44. The third-order valence-corrected chi connectivity index (χ3v) is 3.68. The highest BCUT2D eigenvalue weighted by atomic mass is 16.5. The van der Waals surface area contributed by atoms with Crippen LogP contribution in [0.1, 0.15) is 39.0 Å². The summed E-state index contributed by atoms with van der Waals surface area (Å²) in [5.41, 5.74) is 0.00442. The number of hydrogen-bond acceptors (Lipinski definition) is 5. The molecule has 2 aliphatic rings. The van der Waals surface area contributed by atoms with E-state index in [1.807, 2.05) is 18.2 Å². The molecule has 2 aliphatic carbocycles. The Bertz CT molecular complexity index is 517. The van der Waals surface area contributed by atoms with Crippen LogP contribution in [-0.2, 0) is 19.1 Å². The van der Waals surface area contributed by atoms with E-state index in [9.17, 15) is 14.4 Å². The van der Waals surface area contributed by atoms with Crippen LogP contribution in [-0.4, -0.2) is 36.6 Å². The molecule has 0 aliphatic heterocycles. The van der Waals surface area contributed by atoms with E-state index in [0.29, 0.717) is 12.8 Å². The summed E-state index contributed by atoms with van der Waals surface area (Å²) in [5.74, 6) is -0.883. The molecule has 0 aromatic carbocycles. The van der Waals surface area contributed by atoms with Crippen LogP contribution in [0.25, 0.3) is 0 Å². The molecule has 0 radical (unpaired) electrons. The number of ether oxygens (including phenoxy) is 2. The van der Waals surface area contributed by atoms with Crippen molar-refractivity contribution in [2.75, 3.05) is 13.2 Å². The number of hydrogen-bond donors (Lipinski definition) is 1. The molecule has 6 heteroatoms. The minimum atomic E-state index is -0.944. The van der Waals surface area contributed by atoms with Gasteiger partial charge < -0.3 is 14.8 Å². The van der Waals surface area contributed by atoms with E-state index in [-0.39, 0.29) is 25.4 Å². The van der Waals surface area contributed by atoms with Crippen LogP contribution in [0.5, 0.6) is 0 Å². The molecule has 0 bridgehead atoms. The van der Waals surface area contributed by atoms with Crippen molar-refractivity contribution < 1.29 is 23.9 Å². The second-order valence-electron chi connectivity index (χ2n) is 5.45. The summed E-state index contributed by atoms with van der Waals surface area (Å²) >= 11 is 0. The van der Waals surface area contributed by atoms with Gasteiger partial charge in [-0.3, -0.25) is 9.59 Å². The molecule has 22 heavy (non-hydrogen) atoms. The minimum absolute atomic E-state index is 0.185. The smallest absolute Gasteiger partial charge is 0.408 e. The summed E-state index contributed by atoms with van der Waals surface area (Å²) in [7, 11) is 0. The largest absolute Gasteiger partial charge is 0.466 e. The van der Waals surface area contributed by atoms with E-state index in [4.69, 9.17) is 9.47 Å². The zero-order chi connectivity index (χ0) is 16.0.